The molecule has 0 saturated heterocycles. The van der Waals surface area contributed by atoms with E-state index in [0.29, 0.717) is 0 Å². The zero-order valence-electron chi connectivity index (χ0n) is 10.1. The van der Waals surface area contributed by atoms with Crippen LogP contribution in [0.4, 0.5) is 4.39 Å². The summed E-state index contributed by atoms with van der Waals surface area (Å²) in [6, 6.07) is 4.96. The summed E-state index contributed by atoms with van der Waals surface area (Å²) in [5.74, 6) is -2.07. The van der Waals surface area contributed by atoms with Gasteiger partial charge < -0.3 is 15.0 Å². The topological polar surface area (TPSA) is 89.0 Å². The number of hydrogen-bond acceptors (Lipinski definition) is 4. The molecule has 19 heavy (non-hydrogen) atoms. The predicted octanol–water partition coefficient (Wildman–Crippen LogP) is 1.01. The summed E-state index contributed by atoms with van der Waals surface area (Å²) in [4.78, 5) is 25.4. The van der Waals surface area contributed by atoms with E-state index in [2.05, 4.69) is 9.53 Å². The van der Waals surface area contributed by atoms with Crippen molar-refractivity contribution >= 4 is 17.5 Å². The normalized spacial score (nSPS) is 9.37. The minimum Gasteiger partial charge on any atom is -0.485 e. The van der Waals surface area contributed by atoms with Gasteiger partial charge in [-0.15, -0.1) is 0 Å². The zero-order valence-corrected chi connectivity index (χ0v) is 10.1. The van der Waals surface area contributed by atoms with Crippen molar-refractivity contribution in [2.24, 2.45) is 0 Å². The van der Waals surface area contributed by atoms with E-state index in [1.807, 2.05) is 0 Å². The number of Topliss-reactive ketones (excluding diaryl/α,β-unsaturated/α-hetero) is 1. The molecule has 7 heteroatoms. The SMILES string of the molecule is CCOC(=O)C(=[N+]=[N-])C(=O)COc1ccc(F)cc1. The molecule has 0 aromatic heterocycles. The van der Waals surface area contributed by atoms with E-state index in [-0.39, 0.29) is 12.4 Å². The Kier molecular flexibility index (Phi) is 5.37. The molecule has 0 aliphatic heterocycles. The molecule has 0 radical (unpaired) electrons. The quantitative estimate of drug-likeness (QED) is 0.252. The molecular formula is C12H11FN2O4. The number of halogens is 1. The predicted molar refractivity (Wildman–Crippen MR) is 62.2 cm³/mol. The molecule has 0 amide bonds. The van der Waals surface area contributed by atoms with Crippen molar-refractivity contribution in [3.05, 3.63) is 35.6 Å². The second-order valence-electron chi connectivity index (χ2n) is 3.33. The molecule has 0 unspecified atom stereocenters. The lowest BCUT2D eigenvalue weighted by Gasteiger charge is -2.03. The highest BCUT2D eigenvalue weighted by Gasteiger charge is 2.31. The van der Waals surface area contributed by atoms with Gasteiger partial charge in [-0.25, -0.2) is 9.18 Å². The summed E-state index contributed by atoms with van der Waals surface area (Å²) in [5, 5.41) is 0. The van der Waals surface area contributed by atoms with Crippen LogP contribution in [-0.2, 0) is 14.3 Å². The number of hydrogen-bond donors (Lipinski definition) is 0. The molecule has 0 N–H and O–H groups in total. The summed E-state index contributed by atoms with van der Waals surface area (Å²) in [7, 11) is 0. The fourth-order valence-electron chi connectivity index (χ4n) is 1.16. The average molecular weight is 266 g/mol. The Hall–Kier alpha value is -2.53. The lowest BCUT2D eigenvalue weighted by atomic mass is 10.2. The number of carbonyl (C=O) groups excluding carboxylic acids is 2. The van der Waals surface area contributed by atoms with Gasteiger partial charge >= 0.3 is 11.7 Å². The number of ketones is 1. The van der Waals surface area contributed by atoms with Gasteiger partial charge in [0, 0.05) is 0 Å². The highest BCUT2D eigenvalue weighted by molar-refractivity contribution is 6.62. The van der Waals surface area contributed by atoms with Crippen LogP contribution >= 0.6 is 0 Å². The van der Waals surface area contributed by atoms with Gasteiger partial charge in [0.2, 0.25) is 0 Å². The summed E-state index contributed by atoms with van der Waals surface area (Å²) in [5.41, 5.74) is 7.84. The molecular weight excluding hydrogens is 255 g/mol. The Morgan fingerprint density at radius 3 is 2.47 bits per heavy atom. The van der Waals surface area contributed by atoms with Crippen LogP contribution in [0.15, 0.2) is 24.3 Å². The fourth-order valence-corrected chi connectivity index (χ4v) is 1.16. The molecule has 0 atom stereocenters. The minimum absolute atomic E-state index is 0.0456. The van der Waals surface area contributed by atoms with E-state index in [9.17, 15) is 14.0 Å². The van der Waals surface area contributed by atoms with Crippen molar-refractivity contribution < 1.29 is 28.2 Å². The van der Waals surface area contributed by atoms with E-state index >= 15 is 0 Å². The lowest BCUT2D eigenvalue weighted by molar-refractivity contribution is -0.142. The van der Waals surface area contributed by atoms with Crippen LogP contribution in [0.1, 0.15) is 6.92 Å². The summed E-state index contributed by atoms with van der Waals surface area (Å²) < 4.78 is 22.2. The van der Waals surface area contributed by atoms with Gasteiger partial charge in [-0.1, -0.05) is 0 Å². The molecule has 0 aliphatic carbocycles. The molecule has 0 spiro atoms. The van der Waals surface area contributed by atoms with Crippen molar-refractivity contribution in [3.8, 4) is 5.75 Å². The molecule has 0 fully saturated rings. The molecule has 0 bridgehead atoms. The van der Waals surface area contributed by atoms with Gasteiger partial charge in [0.05, 0.1) is 6.61 Å². The standard InChI is InChI=1S/C12H11FN2O4/c1-2-18-12(17)11(15-14)10(16)7-19-9-5-3-8(13)4-6-9/h3-6H,2,7H2,1H3. The smallest absolute Gasteiger partial charge is 0.445 e. The first-order valence-electron chi connectivity index (χ1n) is 5.39. The summed E-state index contributed by atoms with van der Waals surface area (Å²) in [6.45, 7) is 1.07. The molecule has 1 aromatic rings. The van der Waals surface area contributed by atoms with Crippen molar-refractivity contribution in [2.75, 3.05) is 13.2 Å². The number of nitrogens with zero attached hydrogens (tertiary/aromatic N) is 2. The van der Waals surface area contributed by atoms with Crippen LogP contribution in [0, 0.1) is 5.82 Å². The van der Waals surface area contributed by atoms with Crippen molar-refractivity contribution in [2.45, 2.75) is 6.92 Å². The number of carbonyl (C=O) groups is 2. The van der Waals surface area contributed by atoms with Crippen molar-refractivity contribution in [1.82, 2.24) is 0 Å². The summed E-state index contributed by atoms with van der Waals surface area (Å²) in [6.07, 6.45) is 0. The Morgan fingerprint density at radius 1 is 1.32 bits per heavy atom. The van der Waals surface area contributed by atoms with Gasteiger partial charge in [0.25, 0.3) is 5.78 Å². The Balaban J connectivity index is 2.61. The third-order valence-electron chi connectivity index (χ3n) is 2.02. The van der Waals surface area contributed by atoms with Crippen LogP contribution in [0.5, 0.6) is 5.75 Å². The van der Waals surface area contributed by atoms with Crippen LogP contribution in [0.2, 0.25) is 0 Å². The molecule has 1 rings (SSSR count). The number of esters is 1. The molecule has 0 aliphatic rings. The third-order valence-corrected chi connectivity index (χ3v) is 2.02. The van der Waals surface area contributed by atoms with Crippen molar-refractivity contribution in [3.63, 3.8) is 0 Å². The van der Waals surface area contributed by atoms with Gasteiger partial charge in [-0.05, 0) is 31.2 Å². The van der Waals surface area contributed by atoms with Gasteiger partial charge in [0.1, 0.15) is 11.6 Å². The lowest BCUT2D eigenvalue weighted by Crippen LogP contribution is -2.31. The molecule has 6 nitrogen and oxygen atoms in total. The molecule has 0 heterocycles. The number of rotatable bonds is 6. The average Bonchev–Trinajstić information content (AvgIpc) is 2.39. The van der Waals surface area contributed by atoms with E-state index in [1.54, 1.807) is 6.92 Å². The Bertz CT molecular complexity index is 521. The fraction of sp³-hybridized carbons (Fsp3) is 0.250. The van der Waals surface area contributed by atoms with Gasteiger partial charge in [-0.3, -0.25) is 4.79 Å². The number of benzene rings is 1. The maximum Gasteiger partial charge on any atom is 0.445 e. The van der Waals surface area contributed by atoms with Crippen LogP contribution in [-0.4, -0.2) is 35.5 Å². The number of ether oxygens (including phenoxy) is 2. The van der Waals surface area contributed by atoms with E-state index < -0.39 is 29.9 Å². The minimum atomic E-state index is -1.03. The molecule has 1 aromatic carbocycles. The second kappa shape index (κ2) is 7.03. The van der Waals surface area contributed by atoms with Gasteiger partial charge in [-0.2, -0.15) is 4.79 Å². The van der Waals surface area contributed by atoms with E-state index in [0.717, 1.165) is 12.1 Å². The zero-order chi connectivity index (χ0) is 14.3. The summed E-state index contributed by atoms with van der Waals surface area (Å²) >= 11 is 0. The Morgan fingerprint density at radius 2 is 1.95 bits per heavy atom. The van der Waals surface area contributed by atoms with Crippen LogP contribution in [0.3, 0.4) is 0 Å². The maximum atomic E-state index is 12.6. The van der Waals surface area contributed by atoms with Crippen LogP contribution < -0.4 is 4.74 Å². The third kappa shape index (κ3) is 4.33. The first-order valence-corrected chi connectivity index (χ1v) is 5.39. The monoisotopic (exact) mass is 266 g/mol. The highest BCUT2D eigenvalue weighted by atomic mass is 19.1. The second-order valence-corrected chi connectivity index (χ2v) is 3.33. The highest BCUT2D eigenvalue weighted by Crippen LogP contribution is 2.10. The molecule has 0 saturated carbocycles. The van der Waals surface area contributed by atoms with E-state index in [1.165, 1.54) is 12.1 Å². The van der Waals surface area contributed by atoms with Crippen LogP contribution in [0.25, 0.3) is 5.53 Å². The first-order chi connectivity index (χ1) is 9.08. The van der Waals surface area contributed by atoms with Crippen molar-refractivity contribution in [1.29, 1.82) is 0 Å². The van der Waals surface area contributed by atoms with Gasteiger partial charge in [0.15, 0.2) is 6.61 Å². The first kappa shape index (κ1) is 14.5. The Labute approximate surface area is 108 Å². The maximum absolute atomic E-state index is 12.6. The van der Waals surface area contributed by atoms with E-state index in [4.69, 9.17) is 10.3 Å². The largest absolute Gasteiger partial charge is 0.485 e. The molecule has 100 valence electrons.